The zero-order chi connectivity index (χ0) is 17.1. The third kappa shape index (κ3) is 3.88. The maximum atomic E-state index is 12.5. The van der Waals surface area contributed by atoms with E-state index in [0.717, 1.165) is 30.3 Å². The summed E-state index contributed by atoms with van der Waals surface area (Å²) in [5, 5.41) is 4.33. The number of aromatic nitrogens is 1. The van der Waals surface area contributed by atoms with E-state index in [-0.39, 0.29) is 5.91 Å². The predicted octanol–water partition coefficient (Wildman–Crippen LogP) is 3.96. The van der Waals surface area contributed by atoms with Gasteiger partial charge >= 0.3 is 0 Å². The van der Waals surface area contributed by atoms with Crippen LogP contribution < -0.4 is 10.1 Å². The lowest BCUT2D eigenvalue weighted by atomic mass is 10.3. The Morgan fingerprint density at radius 2 is 2.17 bits per heavy atom. The van der Waals surface area contributed by atoms with Gasteiger partial charge in [-0.2, -0.15) is 0 Å². The van der Waals surface area contributed by atoms with Crippen molar-refractivity contribution in [2.45, 2.75) is 26.3 Å². The number of ether oxygens (including phenoxy) is 1. The normalized spacial score (nSPS) is 14.8. The zero-order valence-corrected chi connectivity index (χ0v) is 15.3. The second-order valence-electron chi connectivity index (χ2n) is 5.81. The minimum absolute atomic E-state index is 0.154. The number of rotatable bonds is 5. The number of likely N-dealkylation sites (tertiary alicyclic amines) is 1. The Hall–Kier alpha value is -1.63. The highest BCUT2D eigenvalue weighted by atomic mass is 35.5. The summed E-state index contributed by atoms with van der Waals surface area (Å²) in [7, 11) is 1.56. The van der Waals surface area contributed by atoms with Crippen molar-refractivity contribution in [1.82, 2.24) is 9.88 Å². The number of carbonyl (C=O) groups is 1. The van der Waals surface area contributed by atoms with Gasteiger partial charge < -0.3 is 10.1 Å². The molecule has 2 heterocycles. The van der Waals surface area contributed by atoms with Gasteiger partial charge in [0.1, 0.15) is 15.6 Å². The molecule has 2 aromatic rings. The standard InChI is InChI=1S/C17H20ClN3O2S/c1-11-16(24-15(19-11)10-21-7-3-4-8-21)17(22)20-12-5-6-14(23-2)13(18)9-12/h5-6,9H,3-4,7-8,10H2,1-2H3,(H,20,22). The van der Waals surface area contributed by atoms with Gasteiger partial charge in [0.2, 0.25) is 0 Å². The lowest BCUT2D eigenvalue weighted by Crippen LogP contribution is -2.18. The predicted molar refractivity (Wildman–Crippen MR) is 97.3 cm³/mol. The molecule has 0 radical (unpaired) electrons. The molecule has 1 aromatic heterocycles. The van der Waals surface area contributed by atoms with Crippen molar-refractivity contribution >= 4 is 34.5 Å². The molecule has 1 N–H and O–H groups in total. The van der Waals surface area contributed by atoms with Crippen molar-refractivity contribution in [2.75, 3.05) is 25.5 Å². The third-order valence-electron chi connectivity index (χ3n) is 4.01. The highest BCUT2D eigenvalue weighted by Gasteiger charge is 2.19. The number of amides is 1. The van der Waals surface area contributed by atoms with Crippen molar-refractivity contribution in [3.8, 4) is 5.75 Å². The summed E-state index contributed by atoms with van der Waals surface area (Å²) in [5.74, 6) is 0.426. The number of nitrogens with one attached hydrogen (secondary N) is 1. The smallest absolute Gasteiger partial charge is 0.267 e. The van der Waals surface area contributed by atoms with E-state index in [1.54, 1.807) is 25.3 Å². The SMILES string of the molecule is COc1ccc(NC(=O)c2sc(CN3CCCC3)nc2C)cc1Cl. The van der Waals surface area contributed by atoms with Crippen LogP contribution in [0.5, 0.6) is 5.75 Å². The van der Waals surface area contributed by atoms with Crippen LogP contribution in [0.4, 0.5) is 5.69 Å². The minimum Gasteiger partial charge on any atom is -0.495 e. The lowest BCUT2D eigenvalue weighted by molar-refractivity contribution is 0.103. The number of hydrogen-bond acceptors (Lipinski definition) is 5. The number of benzene rings is 1. The molecule has 1 aliphatic rings. The molecule has 1 amide bonds. The van der Waals surface area contributed by atoms with E-state index in [2.05, 4.69) is 15.2 Å². The van der Waals surface area contributed by atoms with Crippen molar-refractivity contribution < 1.29 is 9.53 Å². The quantitative estimate of drug-likeness (QED) is 0.871. The van der Waals surface area contributed by atoms with Crippen molar-refractivity contribution in [3.05, 3.63) is 38.8 Å². The summed E-state index contributed by atoms with van der Waals surface area (Å²) >= 11 is 7.56. The molecule has 0 aliphatic carbocycles. The number of anilines is 1. The van der Waals surface area contributed by atoms with Gasteiger partial charge in [0.05, 0.1) is 24.4 Å². The van der Waals surface area contributed by atoms with Gasteiger partial charge in [-0.25, -0.2) is 4.98 Å². The molecule has 0 atom stereocenters. The Balaban J connectivity index is 1.70. The summed E-state index contributed by atoms with van der Waals surface area (Å²) in [4.78, 5) is 20.1. The van der Waals surface area contributed by atoms with Crippen molar-refractivity contribution in [1.29, 1.82) is 0 Å². The molecule has 1 saturated heterocycles. The van der Waals surface area contributed by atoms with Gasteiger partial charge in [-0.15, -0.1) is 11.3 Å². The Morgan fingerprint density at radius 1 is 1.42 bits per heavy atom. The molecular formula is C17H20ClN3O2S. The van der Waals surface area contributed by atoms with Gasteiger partial charge in [-0.05, 0) is 51.1 Å². The molecule has 7 heteroatoms. The van der Waals surface area contributed by atoms with Crippen LogP contribution in [0.2, 0.25) is 5.02 Å². The number of aryl methyl sites for hydroxylation is 1. The topological polar surface area (TPSA) is 54.5 Å². The summed E-state index contributed by atoms with van der Waals surface area (Å²) in [6.07, 6.45) is 2.49. The molecule has 0 spiro atoms. The third-order valence-corrected chi connectivity index (χ3v) is 5.45. The Morgan fingerprint density at radius 3 is 2.83 bits per heavy atom. The largest absolute Gasteiger partial charge is 0.495 e. The van der Waals surface area contributed by atoms with Crippen molar-refractivity contribution in [3.63, 3.8) is 0 Å². The van der Waals surface area contributed by atoms with E-state index in [4.69, 9.17) is 16.3 Å². The number of hydrogen-bond donors (Lipinski definition) is 1. The van der Waals surface area contributed by atoms with Crippen LogP contribution in [0.1, 0.15) is 33.2 Å². The number of thiazole rings is 1. The molecule has 128 valence electrons. The molecule has 24 heavy (non-hydrogen) atoms. The fraction of sp³-hybridized carbons (Fsp3) is 0.412. The fourth-order valence-corrected chi connectivity index (χ4v) is 4.05. The molecule has 1 aromatic carbocycles. The fourth-order valence-electron chi connectivity index (χ4n) is 2.79. The van der Waals surface area contributed by atoms with Crippen LogP contribution in [0.15, 0.2) is 18.2 Å². The van der Waals surface area contributed by atoms with Crippen molar-refractivity contribution in [2.24, 2.45) is 0 Å². The summed E-state index contributed by atoms with van der Waals surface area (Å²) in [6.45, 7) is 4.93. The highest BCUT2D eigenvalue weighted by Crippen LogP contribution is 2.28. The average molecular weight is 366 g/mol. The van der Waals surface area contributed by atoms with E-state index in [9.17, 15) is 4.79 Å². The maximum absolute atomic E-state index is 12.5. The molecule has 0 saturated carbocycles. The van der Waals surface area contributed by atoms with Crippen LogP contribution in [-0.2, 0) is 6.54 Å². The Bertz CT molecular complexity index is 741. The molecule has 1 aliphatic heterocycles. The van der Waals surface area contributed by atoms with E-state index in [0.29, 0.717) is 21.3 Å². The van der Waals surface area contributed by atoms with Gasteiger partial charge in [-0.3, -0.25) is 9.69 Å². The average Bonchev–Trinajstić information content (AvgIpc) is 3.17. The second kappa shape index (κ2) is 7.51. The first kappa shape index (κ1) is 17.2. The van der Waals surface area contributed by atoms with E-state index in [1.807, 2.05) is 6.92 Å². The highest BCUT2D eigenvalue weighted by molar-refractivity contribution is 7.13. The first-order valence-electron chi connectivity index (χ1n) is 7.90. The zero-order valence-electron chi connectivity index (χ0n) is 13.8. The van der Waals surface area contributed by atoms with Gasteiger partial charge in [-0.1, -0.05) is 11.6 Å². The molecule has 3 rings (SSSR count). The summed E-state index contributed by atoms with van der Waals surface area (Å²) < 4.78 is 5.12. The first-order chi connectivity index (χ1) is 11.6. The lowest BCUT2D eigenvalue weighted by Gasteiger charge is -2.11. The first-order valence-corrected chi connectivity index (χ1v) is 9.10. The van der Waals surface area contributed by atoms with Crippen LogP contribution >= 0.6 is 22.9 Å². The van der Waals surface area contributed by atoms with Crippen LogP contribution in [-0.4, -0.2) is 36.0 Å². The molecular weight excluding hydrogens is 346 g/mol. The van der Waals surface area contributed by atoms with Gasteiger partial charge in [0, 0.05) is 5.69 Å². The van der Waals surface area contributed by atoms with Crippen LogP contribution in [0, 0.1) is 6.92 Å². The molecule has 0 bridgehead atoms. The number of nitrogens with zero attached hydrogens (tertiary/aromatic N) is 2. The van der Waals surface area contributed by atoms with Gasteiger partial charge in [0.15, 0.2) is 0 Å². The van der Waals surface area contributed by atoms with Gasteiger partial charge in [0.25, 0.3) is 5.91 Å². The van der Waals surface area contributed by atoms with Crippen LogP contribution in [0.3, 0.4) is 0 Å². The molecule has 5 nitrogen and oxygen atoms in total. The Kier molecular flexibility index (Phi) is 5.38. The number of carbonyl (C=O) groups excluding carboxylic acids is 1. The van der Waals surface area contributed by atoms with E-state index < -0.39 is 0 Å². The van der Waals surface area contributed by atoms with E-state index in [1.165, 1.54) is 24.2 Å². The minimum atomic E-state index is -0.154. The Labute approximate surface area is 150 Å². The maximum Gasteiger partial charge on any atom is 0.267 e. The number of methoxy groups -OCH3 is 1. The summed E-state index contributed by atoms with van der Waals surface area (Å²) in [5.41, 5.74) is 1.41. The monoisotopic (exact) mass is 365 g/mol. The summed E-state index contributed by atoms with van der Waals surface area (Å²) in [6, 6.07) is 5.18. The second-order valence-corrected chi connectivity index (χ2v) is 7.30. The number of halogens is 1. The van der Waals surface area contributed by atoms with E-state index >= 15 is 0 Å². The van der Waals surface area contributed by atoms with Crippen LogP contribution in [0.25, 0.3) is 0 Å². The molecule has 0 unspecified atom stereocenters. The molecule has 1 fully saturated rings.